The summed E-state index contributed by atoms with van der Waals surface area (Å²) in [5.41, 5.74) is 2.55. The first-order chi connectivity index (χ1) is 10.1. The number of thioether (sulfide) groups is 1. The van der Waals surface area contributed by atoms with E-state index in [-0.39, 0.29) is 0 Å². The number of hydrogen-bond acceptors (Lipinski definition) is 4. The molecule has 21 heavy (non-hydrogen) atoms. The first-order valence-electron chi connectivity index (χ1n) is 6.47. The van der Waals surface area contributed by atoms with Crippen molar-refractivity contribution in [1.29, 1.82) is 0 Å². The van der Waals surface area contributed by atoms with E-state index in [1.54, 1.807) is 11.8 Å². The number of aryl methyl sites for hydroxylation is 1. The maximum atomic E-state index is 5.53. The minimum atomic E-state index is 0.689. The van der Waals surface area contributed by atoms with Gasteiger partial charge in [-0.15, -0.1) is 10.2 Å². The number of halogens is 1. The maximum Gasteiger partial charge on any atom is 0.200 e. The van der Waals surface area contributed by atoms with Crippen LogP contribution in [0.25, 0.3) is 11.6 Å². The van der Waals surface area contributed by atoms with E-state index in [1.165, 1.54) is 11.1 Å². The molecule has 0 saturated heterocycles. The van der Waals surface area contributed by atoms with Crippen molar-refractivity contribution < 1.29 is 4.42 Å². The summed E-state index contributed by atoms with van der Waals surface area (Å²) in [6.07, 6.45) is 0. The number of aromatic nitrogens is 3. The Bertz CT molecular complexity index is 766. The van der Waals surface area contributed by atoms with Crippen LogP contribution in [0.4, 0.5) is 0 Å². The average molecular weight is 364 g/mol. The standard InChI is InChI=1S/C15H14BrN3OS/c1-10-4-3-5-11(8-10)9-21-15-18-17-14(19(15)2)12-6-7-13(16)20-12/h3-8H,9H2,1-2H3. The van der Waals surface area contributed by atoms with Gasteiger partial charge in [0.05, 0.1) is 0 Å². The van der Waals surface area contributed by atoms with E-state index < -0.39 is 0 Å². The molecule has 108 valence electrons. The second-order valence-corrected chi connectivity index (χ2v) is 6.47. The maximum absolute atomic E-state index is 5.53. The fourth-order valence-electron chi connectivity index (χ4n) is 2.04. The molecule has 3 rings (SSSR count). The summed E-state index contributed by atoms with van der Waals surface area (Å²) in [6, 6.07) is 12.2. The summed E-state index contributed by atoms with van der Waals surface area (Å²) in [5.74, 6) is 2.31. The highest BCUT2D eigenvalue weighted by Gasteiger charge is 2.14. The van der Waals surface area contributed by atoms with Crippen molar-refractivity contribution in [3.05, 3.63) is 52.2 Å². The molecule has 2 heterocycles. The molecule has 0 fully saturated rings. The normalized spacial score (nSPS) is 11.0. The predicted molar refractivity (Wildman–Crippen MR) is 87.1 cm³/mol. The van der Waals surface area contributed by atoms with Crippen LogP contribution in [-0.4, -0.2) is 14.8 Å². The molecule has 0 atom stereocenters. The third kappa shape index (κ3) is 3.22. The quantitative estimate of drug-likeness (QED) is 0.642. The molecule has 6 heteroatoms. The summed E-state index contributed by atoms with van der Waals surface area (Å²) < 4.78 is 8.17. The van der Waals surface area contributed by atoms with Gasteiger partial charge in [0.15, 0.2) is 21.4 Å². The van der Waals surface area contributed by atoms with Crippen LogP contribution in [0.5, 0.6) is 0 Å². The van der Waals surface area contributed by atoms with Gasteiger partial charge in [-0.2, -0.15) is 0 Å². The van der Waals surface area contributed by atoms with Crippen LogP contribution in [0.15, 0.2) is 50.6 Å². The largest absolute Gasteiger partial charge is 0.446 e. The highest BCUT2D eigenvalue weighted by atomic mass is 79.9. The Morgan fingerprint density at radius 3 is 2.81 bits per heavy atom. The van der Waals surface area contributed by atoms with Crippen LogP contribution in [0.2, 0.25) is 0 Å². The van der Waals surface area contributed by atoms with Crippen LogP contribution in [0.1, 0.15) is 11.1 Å². The minimum absolute atomic E-state index is 0.689. The molecule has 0 spiro atoms. The molecule has 0 amide bonds. The lowest BCUT2D eigenvalue weighted by Gasteiger charge is -2.03. The highest BCUT2D eigenvalue weighted by Crippen LogP contribution is 2.27. The second kappa shape index (κ2) is 6.07. The molecule has 0 aliphatic rings. The molecule has 0 saturated carbocycles. The van der Waals surface area contributed by atoms with E-state index >= 15 is 0 Å². The van der Waals surface area contributed by atoms with E-state index in [9.17, 15) is 0 Å². The molecule has 0 aliphatic carbocycles. The number of rotatable bonds is 4. The van der Waals surface area contributed by atoms with Crippen molar-refractivity contribution in [2.24, 2.45) is 7.05 Å². The zero-order valence-corrected chi connectivity index (χ0v) is 14.1. The zero-order valence-electron chi connectivity index (χ0n) is 11.7. The van der Waals surface area contributed by atoms with Crippen LogP contribution in [0, 0.1) is 6.92 Å². The van der Waals surface area contributed by atoms with Gasteiger partial charge in [0.1, 0.15) is 0 Å². The molecule has 0 unspecified atom stereocenters. The Labute approximate surface area is 135 Å². The fourth-order valence-corrected chi connectivity index (χ4v) is 3.20. The molecule has 1 aromatic carbocycles. The molecule has 0 aliphatic heterocycles. The number of furan rings is 1. The molecule has 0 bridgehead atoms. The fraction of sp³-hybridized carbons (Fsp3) is 0.200. The van der Waals surface area contributed by atoms with Gasteiger partial charge in [-0.3, -0.25) is 0 Å². The van der Waals surface area contributed by atoms with Gasteiger partial charge in [0, 0.05) is 12.8 Å². The van der Waals surface area contributed by atoms with Gasteiger partial charge < -0.3 is 8.98 Å². The van der Waals surface area contributed by atoms with E-state index in [2.05, 4.69) is 57.3 Å². The molecule has 4 nitrogen and oxygen atoms in total. The SMILES string of the molecule is Cc1cccc(CSc2nnc(-c3ccc(Br)o3)n2C)c1. The van der Waals surface area contributed by atoms with Crippen molar-refractivity contribution in [3.63, 3.8) is 0 Å². The third-order valence-corrected chi connectivity index (χ3v) is 4.60. The lowest BCUT2D eigenvalue weighted by atomic mass is 10.2. The lowest BCUT2D eigenvalue weighted by molar-refractivity contribution is 0.547. The Kier molecular flexibility index (Phi) is 4.17. The summed E-state index contributed by atoms with van der Waals surface area (Å²) in [6.45, 7) is 2.10. The van der Waals surface area contributed by atoms with Gasteiger partial charge in [0.2, 0.25) is 0 Å². The van der Waals surface area contributed by atoms with Gasteiger partial charge in [-0.1, -0.05) is 41.6 Å². The molecule has 3 aromatic rings. The number of nitrogens with zero attached hydrogens (tertiary/aromatic N) is 3. The third-order valence-electron chi connectivity index (χ3n) is 3.08. The van der Waals surface area contributed by atoms with E-state index in [1.807, 2.05) is 23.7 Å². The van der Waals surface area contributed by atoms with E-state index in [4.69, 9.17) is 4.42 Å². The van der Waals surface area contributed by atoms with E-state index in [0.717, 1.165) is 16.7 Å². The monoisotopic (exact) mass is 363 g/mol. The Morgan fingerprint density at radius 1 is 1.24 bits per heavy atom. The summed E-state index contributed by atoms with van der Waals surface area (Å²) in [5, 5.41) is 9.32. The predicted octanol–water partition coefficient (Wildman–Crippen LogP) is 4.44. The summed E-state index contributed by atoms with van der Waals surface area (Å²) in [4.78, 5) is 0. The number of benzene rings is 1. The van der Waals surface area contributed by atoms with Crippen LogP contribution >= 0.6 is 27.7 Å². The van der Waals surface area contributed by atoms with Crippen LogP contribution < -0.4 is 0 Å². The lowest BCUT2D eigenvalue weighted by Crippen LogP contribution is -1.94. The first-order valence-corrected chi connectivity index (χ1v) is 8.25. The van der Waals surface area contributed by atoms with E-state index in [0.29, 0.717) is 10.4 Å². The van der Waals surface area contributed by atoms with Crippen LogP contribution in [-0.2, 0) is 12.8 Å². The molecule has 2 aromatic heterocycles. The summed E-state index contributed by atoms with van der Waals surface area (Å²) >= 11 is 4.97. The zero-order chi connectivity index (χ0) is 14.8. The van der Waals surface area contributed by atoms with Crippen molar-refractivity contribution in [2.75, 3.05) is 0 Å². The topological polar surface area (TPSA) is 43.9 Å². The molecule has 0 N–H and O–H groups in total. The highest BCUT2D eigenvalue weighted by molar-refractivity contribution is 9.10. The average Bonchev–Trinajstić information content (AvgIpc) is 3.03. The Morgan fingerprint density at radius 2 is 2.10 bits per heavy atom. The molecule has 0 radical (unpaired) electrons. The minimum Gasteiger partial charge on any atom is -0.446 e. The van der Waals surface area contributed by atoms with Crippen molar-refractivity contribution in [3.8, 4) is 11.6 Å². The van der Waals surface area contributed by atoms with Gasteiger partial charge in [-0.25, -0.2) is 0 Å². The van der Waals surface area contributed by atoms with Crippen molar-refractivity contribution in [1.82, 2.24) is 14.8 Å². The summed E-state index contributed by atoms with van der Waals surface area (Å²) in [7, 11) is 1.95. The Balaban J connectivity index is 1.77. The van der Waals surface area contributed by atoms with Gasteiger partial charge >= 0.3 is 0 Å². The molecular formula is C15H14BrN3OS. The first kappa shape index (κ1) is 14.4. The Hall–Kier alpha value is -1.53. The van der Waals surface area contributed by atoms with Crippen LogP contribution in [0.3, 0.4) is 0 Å². The second-order valence-electron chi connectivity index (χ2n) is 4.75. The van der Waals surface area contributed by atoms with Crippen molar-refractivity contribution in [2.45, 2.75) is 17.8 Å². The van der Waals surface area contributed by atoms with Gasteiger partial charge in [-0.05, 0) is 40.5 Å². The smallest absolute Gasteiger partial charge is 0.200 e. The van der Waals surface area contributed by atoms with Gasteiger partial charge in [0.25, 0.3) is 0 Å². The molecular weight excluding hydrogens is 350 g/mol. The van der Waals surface area contributed by atoms with Crippen molar-refractivity contribution >= 4 is 27.7 Å². The number of hydrogen-bond donors (Lipinski definition) is 0.